The van der Waals surface area contributed by atoms with Crippen LogP contribution < -0.4 is 37.7 Å². The van der Waals surface area contributed by atoms with Crippen LogP contribution in [0.3, 0.4) is 0 Å². The molecule has 0 fully saturated rings. The molecule has 9 aromatic rings. The summed E-state index contributed by atoms with van der Waals surface area (Å²) in [7, 11) is 0. The van der Waals surface area contributed by atoms with Crippen molar-refractivity contribution < 1.29 is 0 Å². The van der Waals surface area contributed by atoms with Crippen LogP contribution in [0.15, 0.2) is 188 Å². The second kappa shape index (κ2) is 19.2. The number of rotatable bonds is 10. The maximum atomic E-state index is 2.61. The Morgan fingerprint density at radius 1 is 0.316 bits per heavy atom. The lowest BCUT2D eigenvalue weighted by Gasteiger charge is -2.45. The van der Waals surface area contributed by atoms with Crippen LogP contribution in [0.1, 0.15) is 174 Å². The van der Waals surface area contributed by atoms with Gasteiger partial charge in [0.25, 0.3) is 0 Å². The largest absolute Gasteiger partial charge is 0.310 e. The van der Waals surface area contributed by atoms with Crippen molar-refractivity contribution in [3.05, 3.63) is 244 Å². The summed E-state index contributed by atoms with van der Waals surface area (Å²) in [5, 5.41) is 0. The minimum atomic E-state index is -0.435. The van der Waals surface area contributed by atoms with Gasteiger partial charge in [-0.15, -0.1) is 0 Å². The van der Waals surface area contributed by atoms with Crippen molar-refractivity contribution in [1.82, 2.24) is 0 Å². The molecule has 3 heteroatoms. The molecule has 2 aliphatic heterocycles. The number of benzene rings is 9. The quantitative estimate of drug-likeness (QED) is 0.123. The van der Waals surface area contributed by atoms with Crippen LogP contribution in [0.4, 0.5) is 17.1 Å². The van der Waals surface area contributed by atoms with Gasteiger partial charge in [0.2, 0.25) is 13.4 Å². The van der Waals surface area contributed by atoms with Gasteiger partial charge in [-0.2, -0.15) is 0 Å². The number of fused-ring (bicyclic) bond motifs is 11. The summed E-state index contributed by atoms with van der Waals surface area (Å²) >= 11 is 0. The highest BCUT2D eigenvalue weighted by Crippen LogP contribution is 2.63. The molecule has 376 valence electrons. The molecule has 2 heterocycles. The molecule has 0 N–H and O–H groups in total. The lowest BCUT2D eigenvalue weighted by atomic mass is 9.20. The monoisotopic (exact) mass is 986 g/mol. The fraction of sp³-hybridized carbons (Fsp3) is 0.260. The molecular weight excluding hydrogens is 912 g/mol. The molecule has 0 radical (unpaired) electrons. The first-order valence-electron chi connectivity index (χ1n) is 28.6. The van der Waals surface area contributed by atoms with E-state index in [1.165, 1.54) is 122 Å². The molecule has 9 aromatic carbocycles. The normalized spacial score (nSPS) is 14.0. The van der Waals surface area contributed by atoms with E-state index in [9.17, 15) is 0 Å². The van der Waals surface area contributed by atoms with Crippen LogP contribution in [-0.2, 0) is 5.41 Å². The molecule has 1 nitrogen and oxygen atoms in total. The lowest BCUT2D eigenvalue weighted by molar-refractivity contribution is 0.752. The Kier molecular flexibility index (Phi) is 12.6. The SMILES string of the molecule is CC(C)c1cc(C(C)C)c(B2c3ccccc3B(c3c(C(C)C)cc(C(C)C)cc3C(C)C)c3cc(-c4ccc(N5c6ccccc6C6(c7ccccc7-c7ccccc76)c6ccccc65)cc4)ccc32)c(C(C)C)c1. The molecule has 1 spiro atoms. The van der Waals surface area contributed by atoms with Gasteiger partial charge in [0.15, 0.2) is 0 Å². The van der Waals surface area contributed by atoms with E-state index in [-0.39, 0.29) is 13.4 Å². The number of nitrogens with zero attached hydrogens (tertiary/aromatic N) is 1. The summed E-state index contributed by atoms with van der Waals surface area (Å²) in [4.78, 5) is 2.51. The highest BCUT2D eigenvalue weighted by atomic mass is 15.2. The van der Waals surface area contributed by atoms with E-state index in [0.29, 0.717) is 35.5 Å². The van der Waals surface area contributed by atoms with E-state index in [0.717, 1.165) is 5.69 Å². The number of hydrogen-bond acceptors (Lipinski definition) is 1. The van der Waals surface area contributed by atoms with Crippen molar-refractivity contribution >= 4 is 63.3 Å². The van der Waals surface area contributed by atoms with Crippen LogP contribution in [-0.4, -0.2) is 13.4 Å². The van der Waals surface area contributed by atoms with Crippen molar-refractivity contribution in [3.63, 3.8) is 0 Å². The van der Waals surface area contributed by atoms with Crippen LogP contribution in [0.25, 0.3) is 22.3 Å². The second-order valence-corrected chi connectivity index (χ2v) is 24.3. The van der Waals surface area contributed by atoms with E-state index in [4.69, 9.17) is 0 Å². The summed E-state index contributed by atoms with van der Waals surface area (Å²) in [6.07, 6.45) is 0. The molecule has 0 unspecified atom stereocenters. The Balaban J connectivity index is 1.06. The minimum Gasteiger partial charge on any atom is -0.310 e. The molecule has 12 rings (SSSR count). The molecule has 76 heavy (non-hydrogen) atoms. The third kappa shape index (κ3) is 7.65. The topological polar surface area (TPSA) is 3.24 Å². The highest BCUT2D eigenvalue weighted by molar-refractivity contribution is 7.11. The third-order valence-electron chi connectivity index (χ3n) is 17.8. The first kappa shape index (κ1) is 49.8. The average Bonchev–Trinajstić information content (AvgIpc) is 3.87. The zero-order valence-electron chi connectivity index (χ0n) is 47.0. The van der Waals surface area contributed by atoms with Crippen molar-refractivity contribution in [2.75, 3.05) is 4.90 Å². The van der Waals surface area contributed by atoms with Gasteiger partial charge in [-0.05, 0) is 138 Å². The summed E-state index contributed by atoms with van der Waals surface area (Å²) in [5.41, 5.74) is 31.2. The second-order valence-electron chi connectivity index (χ2n) is 24.3. The summed E-state index contributed by atoms with van der Waals surface area (Å²) in [6, 6.07) is 73.3. The Hall–Kier alpha value is -7.09. The fourth-order valence-corrected chi connectivity index (χ4v) is 14.1. The first-order chi connectivity index (χ1) is 36.7. The molecule has 0 saturated heterocycles. The summed E-state index contributed by atoms with van der Waals surface area (Å²) < 4.78 is 0. The average molecular weight is 986 g/mol. The molecule has 0 saturated carbocycles. The molecular formula is C73H73B2N. The molecule has 3 aliphatic rings. The maximum Gasteiger partial charge on any atom is 0.240 e. The van der Waals surface area contributed by atoms with E-state index < -0.39 is 5.41 Å². The van der Waals surface area contributed by atoms with Crippen molar-refractivity contribution in [2.45, 2.75) is 124 Å². The van der Waals surface area contributed by atoms with Crippen molar-refractivity contribution in [2.24, 2.45) is 0 Å². The van der Waals surface area contributed by atoms with Gasteiger partial charge >= 0.3 is 0 Å². The molecule has 0 bridgehead atoms. The molecule has 0 atom stereocenters. The minimum absolute atomic E-state index is 0.0668. The van der Waals surface area contributed by atoms with Crippen LogP contribution in [0.2, 0.25) is 0 Å². The number of hydrogen-bond donors (Lipinski definition) is 0. The highest BCUT2D eigenvalue weighted by Gasteiger charge is 2.51. The predicted octanol–water partition coefficient (Wildman–Crippen LogP) is 15.6. The van der Waals surface area contributed by atoms with Gasteiger partial charge in [-0.1, -0.05) is 280 Å². The fourth-order valence-electron chi connectivity index (χ4n) is 14.1. The van der Waals surface area contributed by atoms with Crippen LogP contribution in [0, 0.1) is 0 Å². The van der Waals surface area contributed by atoms with E-state index >= 15 is 0 Å². The van der Waals surface area contributed by atoms with E-state index in [2.05, 4.69) is 276 Å². The van der Waals surface area contributed by atoms with Crippen LogP contribution >= 0.6 is 0 Å². The summed E-state index contributed by atoms with van der Waals surface area (Å²) in [5.74, 6) is 2.35. The Morgan fingerprint density at radius 3 is 1.09 bits per heavy atom. The Morgan fingerprint density at radius 2 is 0.671 bits per heavy atom. The predicted molar refractivity (Wildman–Crippen MR) is 331 cm³/mol. The molecule has 0 aromatic heterocycles. The first-order valence-corrected chi connectivity index (χ1v) is 28.6. The van der Waals surface area contributed by atoms with Gasteiger partial charge in [0.1, 0.15) is 0 Å². The number of anilines is 3. The third-order valence-corrected chi connectivity index (χ3v) is 17.8. The number of para-hydroxylation sites is 2. The Labute approximate surface area is 455 Å². The van der Waals surface area contributed by atoms with Gasteiger partial charge < -0.3 is 4.90 Å². The van der Waals surface area contributed by atoms with Crippen molar-refractivity contribution in [3.8, 4) is 22.3 Å². The van der Waals surface area contributed by atoms with Gasteiger partial charge in [-0.3, -0.25) is 0 Å². The smallest absolute Gasteiger partial charge is 0.240 e. The van der Waals surface area contributed by atoms with Crippen molar-refractivity contribution in [1.29, 1.82) is 0 Å². The standard InChI is InChI=1S/C73H73B2N/c1-44(2)52-39-57(46(5)6)71(58(40-52)47(7)8)74-65-29-19-20-30-66(65)75(72-59(48(9)10)41-53(45(3)4)42-60(72)49(11)12)68-43-51(35-38-67(68)74)50-33-36-54(37-34-50)76-69-31-21-17-27-63(69)73(64-28-18-22-32-70(64)76)61-25-15-13-23-55(61)56-24-14-16-26-62(56)73/h13-49H,1-12H3. The van der Waals surface area contributed by atoms with E-state index in [1.807, 2.05) is 0 Å². The zero-order valence-corrected chi connectivity index (χ0v) is 47.0. The molecule has 0 amide bonds. The van der Waals surface area contributed by atoms with Gasteiger partial charge in [0, 0.05) is 5.69 Å². The molecule has 1 aliphatic carbocycles. The van der Waals surface area contributed by atoms with Gasteiger partial charge in [0.05, 0.1) is 16.8 Å². The van der Waals surface area contributed by atoms with Gasteiger partial charge in [-0.25, -0.2) is 0 Å². The summed E-state index contributed by atoms with van der Waals surface area (Å²) in [6.45, 7) is 28.8. The van der Waals surface area contributed by atoms with Crippen LogP contribution in [0.5, 0.6) is 0 Å². The zero-order chi connectivity index (χ0) is 52.9. The van der Waals surface area contributed by atoms with E-state index in [1.54, 1.807) is 0 Å². The maximum absolute atomic E-state index is 2.61. The Bertz CT molecular complexity index is 3550. The lowest BCUT2D eigenvalue weighted by Crippen LogP contribution is -2.76.